The Bertz CT molecular complexity index is 1570. The van der Waals surface area contributed by atoms with E-state index in [-0.39, 0.29) is 17.2 Å². The van der Waals surface area contributed by atoms with Crippen LogP contribution in [0.2, 0.25) is 0 Å². The average molecular weight is 571 g/mol. The Morgan fingerprint density at radius 3 is 2.70 bits per heavy atom. The first-order chi connectivity index (χ1) is 19.5. The fourth-order valence-corrected chi connectivity index (χ4v) is 8.00. The molecule has 0 bridgehead atoms. The normalized spacial score (nSPS) is 16.8. The summed E-state index contributed by atoms with van der Waals surface area (Å²) in [6.07, 6.45) is 5.41. The van der Waals surface area contributed by atoms with Gasteiger partial charge in [-0.1, -0.05) is 55.6 Å². The minimum absolute atomic E-state index is 0.0603. The quantitative estimate of drug-likeness (QED) is 0.211. The highest BCUT2D eigenvalue weighted by Gasteiger charge is 2.31. The van der Waals surface area contributed by atoms with Crippen LogP contribution in [0.25, 0.3) is 0 Å². The van der Waals surface area contributed by atoms with Crippen LogP contribution in [0.4, 0.5) is 11.4 Å². The van der Waals surface area contributed by atoms with Gasteiger partial charge in [-0.2, -0.15) is 0 Å². The van der Waals surface area contributed by atoms with Gasteiger partial charge in [0.05, 0.1) is 17.8 Å². The van der Waals surface area contributed by atoms with Gasteiger partial charge in [-0.05, 0) is 73.4 Å². The van der Waals surface area contributed by atoms with Gasteiger partial charge in [-0.25, -0.2) is 0 Å². The maximum atomic E-state index is 12.4. The average Bonchev–Trinajstić information content (AvgIpc) is 2.99. The number of anilines is 2. The molecular weight excluding hydrogens is 537 g/mol. The van der Waals surface area contributed by atoms with E-state index in [9.17, 15) is 4.79 Å². The monoisotopic (exact) mass is 570 g/mol. The molecule has 0 aliphatic carbocycles. The Kier molecular flexibility index (Phi) is 7.66. The number of hydrogen-bond acceptors (Lipinski definition) is 7. The fourth-order valence-electron chi connectivity index (χ4n) is 5.55. The summed E-state index contributed by atoms with van der Waals surface area (Å²) in [4.78, 5) is 27.1. The summed E-state index contributed by atoms with van der Waals surface area (Å²) >= 11 is 3.62. The Morgan fingerprint density at radius 2 is 1.93 bits per heavy atom. The van der Waals surface area contributed by atoms with Crippen LogP contribution in [-0.4, -0.2) is 29.7 Å². The molecule has 1 saturated heterocycles. The first-order valence-electron chi connectivity index (χ1n) is 13.9. The Hall–Kier alpha value is -3.20. The third kappa shape index (κ3) is 5.16. The molecule has 0 amide bonds. The molecule has 1 atom stereocenters. The van der Waals surface area contributed by atoms with Gasteiger partial charge < -0.3 is 19.9 Å². The summed E-state index contributed by atoms with van der Waals surface area (Å²) in [5.41, 5.74) is 4.96. The number of hydrogen-bond donors (Lipinski definition) is 2. The molecule has 0 radical (unpaired) electrons. The van der Waals surface area contributed by atoms with Crippen LogP contribution in [0.15, 0.2) is 97.4 Å². The molecule has 0 saturated carbocycles. The number of benzene rings is 2. The number of H-pyrrole nitrogens is 1. The number of aryl methyl sites for hydroxylation is 1. The standard InChI is InChI=1S/C32H34N4O2S2/c1-4-32(5-2,29-14-11-21(3)19-34-29)35-22-12-13-26-28(18-22)39-27-10-6-8-23(30(27)40-26)25-20-36(16-17-38-25)24-9-7-15-33-31(24)37/h6-15,18-19,25,35H,4-5,16-17,20H2,1-3H3,(H,33,37). The number of morpholine rings is 1. The first-order valence-corrected chi connectivity index (χ1v) is 15.5. The summed E-state index contributed by atoms with van der Waals surface area (Å²) < 4.78 is 6.27. The molecular formula is C32H34N4O2S2. The largest absolute Gasteiger partial charge is 0.374 e. The van der Waals surface area contributed by atoms with Crippen molar-refractivity contribution in [3.05, 3.63) is 100 Å². The van der Waals surface area contributed by atoms with E-state index in [2.05, 4.69) is 84.5 Å². The highest BCUT2D eigenvalue weighted by molar-refractivity contribution is 8.05. The van der Waals surface area contributed by atoms with Crippen LogP contribution in [0, 0.1) is 6.92 Å². The lowest BCUT2D eigenvalue weighted by Crippen LogP contribution is -2.41. The highest BCUT2D eigenvalue weighted by atomic mass is 32.2. The lowest BCUT2D eigenvalue weighted by atomic mass is 9.88. The second kappa shape index (κ2) is 11.4. The van der Waals surface area contributed by atoms with Crippen molar-refractivity contribution in [3.63, 3.8) is 0 Å². The van der Waals surface area contributed by atoms with E-state index in [4.69, 9.17) is 9.72 Å². The van der Waals surface area contributed by atoms with Gasteiger partial charge in [0.1, 0.15) is 11.8 Å². The lowest BCUT2D eigenvalue weighted by molar-refractivity contribution is 0.0378. The van der Waals surface area contributed by atoms with Gasteiger partial charge in [-0.15, -0.1) is 0 Å². The number of fused-ring (bicyclic) bond motifs is 2. The van der Waals surface area contributed by atoms with Crippen molar-refractivity contribution < 1.29 is 4.74 Å². The SMILES string of the molecule is CCC(CC)(Nc1ccc2c(c1)Sc1cccc(C3CN(c4ccc[nH]c4=O)CCO3)c1S2)c1ccc(C)cn1. The van der Waals surface area contributed by atoms with Gasteiger partial charge in [0, 0.05) is 50.8 Å². The second-order valence-corrected chi connectivity index (χ2v) is 12.5. The Balaban J connectivity index is 1.25. The first kappa shape index (κ1) is 27.0. The van der Waals surface area contributed by atoms with Gasteiger partial charge >= 0.3 is 0 Å². The van der Waals surface area contributed by atoms with Crippen molar-refractivity contribution in [3.8, 4) is 0 Å². The number of nitrogens with one attached hydrogen (secondary N) is 2. The van der Waals surface area contributed by atoms with Crippen LogP contribution in [0.5, 0.6) is 0 Å². The lowest BCUT2D eigenvalue weighted by Gasteiger charge is -2.36. The minimum Gasteiger partial charge on any atom is -0.374 e. The topological polar surface area (TPSA) is 70.2 Å². The molecule has 8 heteroatoms. The summed E-state index contributed by atoms with van der Waals surface area (Å²) in [5, 5.41) is 3.85. The predicted molar refractivity (Wildman–Crippen MR) is 164 cm³/mol. The molecule has 2 aromatic heterocycles. The Labute approximate surface area is 244 Å². The molecule has 2 aliphatic rings. The van der Waals surface area contributed by atoms with Crippen molar-refractivity contribution in [1.82, 2.24) is 9.97 Å². The summed E-state index contributed by atoms with van der Waals surface area (Å²) in [6, 6.07) is 21.2. The number of nitrogens with zero attached hydrogens (tertiary/aromatic N) is 2. The third-order valence-electron chi connectivity index (χ3n) is 7.93. The molecule has 2 aromatic carbocycles. The molecule has 2 aliphatic heterocycles. The molecule has 1 fully saturated rings. The molecule has 206 valence electrons. The third-order valence-corrected chi connectivity index (χ3v) is 10.5. The van der Waals surface area contributed by atoms with Gasteiger partial charge in [-0.3, -0.25) is 9.78 Å². The molecule has 4 heterocycles. The zero-order chi connectivity index (χ0) is 27.7. The van der Waals surface area contributed by atoms with Crippen molar-refractivity contribution in [2.45, 2.75) is 64.8 Å². The second-order valence-electron chi connectivity index (χ2n) is 10.4. The molecule has 4 aromatic rings. The van der Waals surface area contributed by atoms with Crippen LogP contribution < -0.4 is 15.8 Å². The van der Waals surface area contributed by atoms with E-state index in [0.29, 0.717) is 25.4 Å². The van der Waals surface area contributed by atoms with Crippen molar-refractivity contribution in [2.24, 2.45) is 0 Å². The van der Waals surface area contributed by atoms with Crippen molar-refractivity contribution >= 4 is 34.9 Å². The summed E-state index contributed by atoms with van der Waals surface area (Å²) in [5.74, 6) is 0. The van der Waals surface area contributed by atoms with E-state index >= 15 is 0 Å². The van der Waals surface area contributed by atoms with E-state index in [0.717, 1.165) is 24.2 Å². The van der Waals surface area contributed by atoms with Crippen LogP contribution in [0.1, 0.15) is 49.6 Å². The molecule has 40 heavy (non-hydrogen) atoms. The maximum absolute atomic E-state index is 12.4. The number of rotatable bonds is 7. The van der Waals surface area contributed by atoms with Crippen molar-refractivity contribution in [1.29, 1.82) is 0 Å². The van der Waals surface area contributed by atoms with Crippen LogP contribution >= 0.6 is 23.5 Å². The molecule has 6 nitrogen and oxygen atoms in total. The molecule has 0 spiro atoms. The number of aromatic amines is 1. The van der Waals surface area contributed by atoms with E-state index in [1.165, 1.54) is 30.7 Å². The van der Waals surface area contributed by atoms with E-state index in [1.54, 1.807) is 6.20 Å². The summed E-state index contributed by atoms with van der Waals surface area (Å²) in [7, 11) is 0. The zero-order valence-corrected chi connectivity index (χ0v) is 24.7. The van der Waals surface area contributed by atoms with Crippen molar-refractivity contribution in [2.75, 3.05) is 29.9 Å². The predicted octanol–water partition coefficient (Wildman–Crippen LogP) is 7.40. The zero-order valence-electron chi connectivity index (χ0n) is 23.1. The Morgan fingerprint density at radius 1 is 1.05 bits per heavy atom. The van der Waals surface area contributed by atoms with Crippen LogP contribution in [-0.2, 0) is 10.3 Å². The molecule has 2 N–H and O–H groups in total. The van der Waals surface area contributed by atoms with Gasteiger partial charge in [0.2, 0.25) is 0 Å². The number of aromatic nitrogens is 2. The molecule has 6 rings (SSSR count). The van der Waals surface area contributed by atoms with Crippen LogP contribution in [0.3, 0.4) is 0 Å². The number of pyridine rings is 2. The fraction of sp³-hybridized carbons (Fsp3) is 0.312. The smallest absolute Gasteiger partial charge is 0.271 e. The summed E-state index contributed by atoms with van der Waals surface area (Å²) in [6.45, 7) is 8.45. The molecule has 1 unspecified atom stereocenters. The maximum Gasteiger partial charge on any atom is 0.271 e. The number of ether oxygens (including phenoxy) is 1. The van der Waals surface area contributed by atoms with Gasteiger partial charge in [0.25, 0.3) is 5.56 Å². The minimum atomic E-state index is -0.218. The van der Waals surface area contributed by atoms with Gasteiger partial charge in [0.15, 0.2) is 0 Å². The van der Waals surface area contributed by atoms with E-state index in [1.807, 2.05) is 41.9 Å². The van der Waals surface area contributed by atoms with E-state index < -0.39 is 0 Å². The highest BCUT2D eigenvalue weighted by Crippen LogP contribution is 2.52.